The van der Waals surface area contributed by atoms with Crippen LogP contribution in [0.25, 0.3) is 0 Å². The molecule has 3 N–H and O–H groups in total. The maximum absolute atomic E-state index is 11.7. The maximum Gasteiger partial charge on any atom is 0.314 e. The topological polar surface area (TPSA) is 78.4 Å². The van der Waals surface area contributed by atoms with Crippen LogP contribution in [0.2, 0.25) is 0 Å². The SMILES string of the molecule is CC1(CNC(=O)NCC2(C(=O)O)CCCC2)CCC1. The fourth-order valence-corrected chi connectivity index (χ4v) is 3.08. The van der Waals surface area contributed by atoms with Crippen molar-refractivity contribution in [3.8, 4) is 0 Å². The molecule has 2 fully saturated rings. The predicted octanol–water partition coefficient (Wildman–Crippen LogP) is 2.12. The molecular weight excluding hydrogens is 244 g/mol. The van der Waals surface area contributed by atoms with Gasteiger partial charge in [-0.3, -0.25) is 4.79 Å². The first-order valence-electron chi connectivity index (χ1n) is 7.21. The van der Waals surface area contributed by atoms with Crippen molar-refractivity contribution in [3.63, 3.8) is 0 Å². The number of nitrogens with one attached hydrogen (secondary N) is 2. The van der Waals surface area contributed by atoms with Gasteiger partial charge in [0, 0.05) is 13.1 Å². The molecule has 2 saturated carbocycles. The number of aliphatic carboxylic acids is 1. The third-order valence-corrected chi connectivity index (χ3v) is 4.84. The molecule has 19 heavy (non-hydrogen) atoms. The van der Waals surface area contributed by atoms with Gasteiger partial charge in [-0.15, -0.1) is 0 Å². The summed E-state index contributed by atoms with van der Waals surface area (Å²) in [6, 6.07) is -0.236. The predicted molar refractivity (Wildman–Crippen MR) is 71.9 cm³/mol. The van der Waals surface area contributed by atoms with Crippen LogP contribution in [0.3, 0.4) is 0 Å². The van der Waals surface area contributed by atoms with Crippen molar-refractivity contribution in [2.24, 2.45) is 10.8 Å². The second-order valence-electron chi connectivity index (χ2n) is 6.49. The number of amides is 2. The average Bonchev–Trinajstić information content (AvgIpc) is 2.81. The summed E-state index contributed by atoms with van der Waals surface area (Å²) in [6.07, 6.45) is 6.77. The number of carbonyl (C=O) groups excluding carboxylic acids is 1. The highest BCUT2D eigenvalue weighted by Crippen LogP contribution is 2.39. The summed E-state index contributed by atoms with van der Waals surface area (Å²) in [5.74, 6) is -0.781. The molecule has 0 aliphatic heterocycles. The van der Waals surface area contributed by atoms with E-state index < -0.39 is 11.4 Å². The zero-order valence-electron chi connectivity index (χ0n) is 11.6. The molecule has 0 aromatic rings. The minimum atomic E-state index is -0.781. The van der Waals surface area contributed by atoms with Crippen LogP contribution in [-0.2, 0) is 4.79 Å². The highest BCUT2D eigenvalue weighted by Gasteiger charge is 2.41. The van der Waals surface area contributed by atoms with Crippen molar-refractivity contribution in [2.75, 3.05) is 13.1 Å². The summed E-state index contributed by atoms with van der Waals surface area (Å²) in [5, 5.41) is 14.9. The fourth-order valence-electron chi connectivity index (χ4n) is 3.08. The Morgan fingerprint density at radius 1 is 1.00 bits per heavy atom. The molecule has 2 aliphatic rings. The van der Waals surface area contributed by atoms with Gasteiger partial charge in [-0.2, -0.15) is 0 Å². The molecule has 0 radical (unpaired) electrons. The standard InChI is InChI=1S/C14H24N2O3/c1-13(5-4-6-13)9-15-12(19)16-10-14(11(17)18)7-2-3-8-14/h2-10H2,1H3,(H,17,18)(H2,15,16,19). The van der Waals surface area contributed by atoms with E-state index in [0.29, 0.717) is 19.4 Å². The van der Waals surface area contributed by atoms with E-state index in [0.717, 1.165) is 25.7 Å². The van der Waals surface area contributed by atoms with Crippen LogP contribution in [0.5, 0.6) is 0 Å². The van der Waals surface area contributed by atoms with E-state index in [2.05, 4.69) is 17.6 Å². The Morgan fingerprint density at radius 3 is 2.05 bits per heavy atom. The second-order valence-corrected chi connectivity index (χ2v) is 6.49. The molecule has 5 nitrogen and oxygen atoms in total. The Morgan fingerprint density at radius 2 is 1.58 bits per heavy atom. The van der Waals surface area contributed by atoms with Crippen LogP contribution >= 0.6 is 0 Å². The molecule has 0 heterocycles. The molecule has 2 rings (SSSR count). The van der Waals surface area contributed by atoms with Crippen LogP contribution in [0.1, 0.15) is 51.9 Å². The van der Waals surface area contributed by atoms with Gasteiger partial charge in [0.05, 0.1) is 5.41 Å². The zero-order valence-corrected chi connectivity index (χ0v) is 11.6. The van der Waals surface area contributed by atoms with Crippen molar-refractivity contribution in [2.45, 2.75) is 51.9 Å². The number of hydrogen-bond donors (Lipinski definition) is 3. The molecule has 2 aliphatic carbocycles. The second kappa shape index (κ2) is 5.39. The largest absolute Gasteiger partial charge is 0.481 e. The van der Waals surface area contributed by atoms with Gasteiger partial charge in [0.25, 0.3) is 0 Å². The summed E-state index contributed by atoms with van der Waals surface area (Å²) in [6.45, 7) is 3.09. The molecule has 0 saturated heterocycles. The molecule has 0 atom stereocenters. The highest BCUT2D eigenvalue weighted by atomic mass is 16.4. The maximum atomic E-state index is 11.7. The lowest BCUT2D eigenvalue weighted by molar-refractivity contribution is -0.148. The average molecular weight is 268 g/mol. The number of hydrogen-bond acceptors (Lipinski definition) is 2. The number of carboxylic acids is 1. The molecule has 108 valence electrons. The number of carbonyl (C=O) groups is 2. The molecule has 2 amide bonds. The molecule has 0 unspecified atom stereocenters. The Bertz CT molecular complexity index is 358. The Hall–Kier alpha value is -1.26. The molecule has 0 bridgehead atoms. The third-order valence-electron chi connectivity index (χ3n) is 4.84. The Kier molecular flexibility index (Phi) is 4.02. The number of urea groups is 1. The van der Waals surface area contributed by atoms with Gasteiger partial charge >= 0.3 is 12.0 Å². The fraction of sp³-hybridized carbons (Fsp3) is 0.857. The lowest BCUT2D eigenvalue weighted by atomic mass is 9.70. The minimum absolute atomic E-state index is 0.236. The minimum Gasteiger partial charge on any atom is -0.481 e. The van der Waals surface area contributed by atoms with E-state index in [1.54, 1.807) is 0 Å². The van der Waals surface area contributed by atoms with E-state index >= 15 is 0 Å². The van der Waals surface area contributed by atoms with Crippen LogP contribution in [0.4, 0.5) is 4.79 Å². The molecule has 0 spiro atoms. The van der Waals surface area contributed by atoms with Gasteiger partial charge in [0.15, 0.2) is 0 Å². The number of rotatable bonds is 5. The molecular formula is C14H24N2O3. The van der Waals surface area contributed by atoms with Crippen molar-refractivity contribution < 1.29 is 14.7 Å². The normalized spacial score (nSPS) is 23.4. The summed E-state index contributed by atoms with van der Waals surface area (Å²) in [4.78, 5) is 23.1. The molecule has 0 aromatic carbocycles. The van der Waals surface area contributed by atoms with E-state index in [1.807, 2.05) is 0 Å². The van der Waals surface area contributed by atoms with Gasteiger partial charge in [0.1, 0.15) is 0 Å². The van der Waals surface area contributed by atoms with E-state index in [9.17, 15) is 14.7 Å². The van der Waals surface area contributed by atoms with Crippen LogP contribution < -0.4 is 10.6 Å². The van der Waals surface area contributed by atoms with Gasteiger partial charge in [0.2, 0.25) is 0 Å². The summed E-state index contributed by atoms with van der Waals surface area (Å²) in [7, 11) is 0. The Labute approximate surface area is 114 Å². The van der Waals surface area contributed by atoms with Gasteiger partial charge in [-0.25, -0.2) is 4.79 Å². The monoisotopic (exact) mass is 268 g/mol. The van der Waals surface area contributed by atoms with E-state index in [1.165, 1.54) is 6.42 Å². The quantitative estimate of drug-likeness (QED) is 0.714. The first-order chi connectivity index (χ1) is 8.96. The van der Waals surface area contributed by atoms with Crippen molar-refractivity contribution in [1.82, 2.24) is 10.6 Å². The lowest BCUT2D eigenvalue weighted by Crippen LogP contribution is -2.48. The zero-order chi connectivity index (χ0) is 13.9. The molecule has 0 aromatic heterocycles. The van der Waals surface area contributed by atoms with Gasteiger partial charge < -0.3 is 15.7 Å². The highest BCUT2D eigenvalue weighted by molar-refractivity contribution is 5.78. The first-order valence-corrected chi connectivity index (χ1v) is 7.21. The van der Waals surface area contributed by atoms with Crippen molar-refractivity contribution in [3.05, 3.63) is 0 Å². The number of carboxylic acid groups (broad SMARTS) is 1. The summed E-state index contributed by atoms with van der Waals surface area (Å²) in [5.41, 5.74) is -0.493. The van der Waals surface area contributed by atoms with E-state index in [4.69, 9.17) is 0 Å². The van der Waals surface area contributed by atoms with Gasteiger partial charge in [-0.05, 0) is 31.1 Å². The van der Waals surface area contributed by atoms with Crippen molar-refractivity contribution >= 4 is 12.0 Å². The molecule has 5 heteroatoms. The summed E-state index contributed by atoms with van der Waals surface area (Å²) < 4.78 is 0. The van der Waals surface area contributed by atoms with Crippen LogP contribution in [-0.4, -0.2) is 30.2 Å². The van der Waals surface area contributed by atoms with Gasteiger partial charge in [-0.1, -0.05) is 26.2 Å². The lowest BCUT2D eigenvalue weighted by Gasteiger charge is -2.38. The summed E-state index contributed by atoms with van der Waals surface area (Å²) >= 11 is 0. The van der Waals surface area contributed by atoms with E-state index in [-0.39, 0.29) is 18.0 Å². The van der Waals surface area contributed by atoms with Crippen molar-refractivity contribution in [1.29, 1.82) is 0 Å². The first kappa shape index (κ1) is 14.2. The smallest absolute Gasteiger partial charge is 0.314 e. The third kappa shape index (κ3) is 3.19. The van der Waals surface area contributed by atoms with Crippen LogP contribution in [0, 0.1) is 10.8 Å². The van der Waals surface area contributed by atoms with Crippen LogP contribution in [0.15, 0.2) is 0 Å². The Balaban J connectivity index is 1.74.